The number of ether oxygens (including phenoxy) is 1. The molecule has 0 saturated carbocycles. The lowest BCUT2D eigenvalue weighted by Crippen LogP contribution is -2.52. The fourth-order valence-electron chi connectivity index (χ4n) is 4.79. The maximum Gasteiger partial charge on any atom is 0.390 e. The molecule has 2 aliphatic rings. The van der Waals surface area contributed by atoms with E-state index in [0.717, 1.165) is 6.07 Å². The Labute approximate surface area is 237 Å². The van der Waals surface area contributed by atoms with Gasteiger partial charge in [0.25, 0.3) is 11.8 Å². The van der Waals surface area contributed by atoms with Crippen LogP contribution < -0.4 is 15.5 Å². The molecule has 2 N–H and O–H groups in total. The number of rotatable bonds is 8. The lowest BCUT2D eigenvalue weighted by atomic mass is 10.1. The molecule has 4 rings (SSSR count). The molecule has 2 saturated heterocycles. The maximum atomic E-state index is 14.9. The molecule has 8 nitrogen and oxygen atoms in total. The number of nitrogens with one attached hydrogen (secondary N) is 2. The molecule has 0 aromatic heterocycles. The zero-order valence-electron chi connectivity index (χ0n) is 22.0. The number of cyclic esters (lactones) is 1. The number of hydrogen-bond donors (Lipinski definition) is 2. The molecule has 41 heavy (non-hydrogen) atoms. The average molecular weight is 603 g/mol. The van der Waals surface area contributed by atoms with Crippen LogP contribution in [-0.4, -0.2) is 67.2 Å². The highest BCUT2D eigenvalue weighted by Gasteiger charge is 2.32. The third-order valence-corrected chi connectivity index (χ3v) is 7.27. The van der Waals surface area contributed by atoms with E-state index in [0.29, 0.717) is 30.3 Å². The van der Waals surface area contributed by atoms with E-state index in [9.17, 15) is 36.3 Å². The first-order valence-corrected chi connectivity index (χ1v) is 13.3. The fraction of sp³-hybridized carbons (Fsp3) is 0.444. The molecule has 0 unspecified atom stereocenters. The Kier molecular flexibility index (Phi) is 9.37. The van der Waals surface area contributed by atoms with Gasteiger partial charge in [-0.2, -0.15) is 13.2 Å². The number of carbonyl (C=O) groups is 3. The number of carbonyl (C=O) groups excluding carboxylic acids is 3. The number of amides is 2. The Balaban J connectivity index is 1.43. The highest BCUT2D eigenvalue weighted by atomic mass is 35.5. The normalized spacial score (nSPS) is 19.7. The number of alkyl halides is 3. The van der Waals surface area contributed by atoms with Crippen molar-refractivity contribution >= 4 is 40.8 Å². The standard InChI is InChI=1S/C27H28ClF5N4O4/c1-15-14-37(11-10-36(15)9-8-27(31,32)33)20-12-17(28)3-5-19(20)35-25(39)18-4-2-16(23(29)24(18)30)13-34-26(40)21-6-7-22(38)41-21/h2-5,12,15,21H,6-11,13-14H2,1H3,(H,34,40)(H,35,39)/t15-,21+/m0/s1. The average Bonchev–Trinajstić information content (AvgIpc) is 3.35. The summed E-state index contributed by atoms with van der Waals surface area (Å²) in [6, 6.07) is 6.62. The van der Waals surface area contributed by atoms with Crippen LogP contribution in [0.3, 0.4) is 0 Å². The summed E-state index contributed by atoms with van der Waals surface area (Å²) in [5.41, 5.74) is -0.0339. The van der Waals surface area contributed by atoms with Crippen LogP contribution in [0, 0.1) is 11.6 Å². The van der Waals surface area contributed by atoms with Crippen molar-refractivity contribution < 1.29 is 41.1 Å². The number of nitrogens with zero attached hydrogens (tertiary/aromatic N) is 2. The quantitative estimate of drug-likeness (QED) is 0.338. The predicted octanol–water partition coefficient (Wildman–Crippen LogP) is 4.66. The summed E-state index contributed by atoms with van der Waals surface area (Å²) in [6.07, 6.45) is -5.87. The molecule has 0 aliphatic carbocycles. The number of anilines is 2. The summed E-state index contributed by atoms with van der Waals surface area (Å²) in [5, 5.41) is 5.31. The molecule has 2 atom stereocenters. The summed E-state index contributed by atoms with van der Waals surface area (Å²) in [5.74, 6) is -4.82. The van der Waals surface area contributed by atoms with E-state index in [1.165, 1.54) is 18.2 Å². The molecule has 2 fully saturated rings. The molecule has 2 heterocycles. The summed E-state index contributed by atoms with van der Waals surface area (Å²) >= 11 is 6.18. The highest BCUT2D eigenvalue weighted by molar-refractivity contribution is 6.31. The molecule has 0 radical (unpaired) electrons. The van der Waals surface area contributed by atoms with Crippen LogP contribution >= 0.6 is 11.6 Å². The van der Waals surface area contributed by atoms with E-state index < -0.39 is 53.7 Å². The molecule has 2 aromatic carbocycles. The van der Waals surface area contributed by atoms with Crippen LogP contribution in [-0.2, 0) is 20.9 Å². The van der Waals surface area contributed by atoms with Gasteiger partial charge >= 0.3 is 12.1 Å². The second-order valence-corrected chi connectivity index (χ2v) is 10.4. The summed E-state index contributed by atoms with van der Waals surface area (Å²) in [4.78, 5) is 39.9. The summed E-state index contributed by atoms with van der Waals surface area (Å²) in [6.45, 7) is 2.34. The molecule has 2 aromatic rings. The van der Waals surface area contributed by atoms with Crippen molar-refractivity contribution in [1.82, 2.24) is 10.2 Å². The van der Waals surface area contributed by atoms with Gasteiger partial charge in [-0.25, -0.2) is 8.78 Å². The molecule has 0 bridgehead atoms. The number of benzene rings is 2. The van der Waals surface area contributed by atoms with E-state index in [4.69, 9.17) is 16.3 Å². The van der Waals surface area contributed by atoms with Crippen molar-refractivity contribution in [2.24, 2.45) is 0 Å². The van der Waals surface area contributed by atoms with E-state index in [1.54, 1.807) is 17.9 Å². The minimum Gasteiger partial charge on any atom is -0.452 e. The first-order chi connectivity index (χ1) is 19.3. The van der Waals surface area contributed by atoms with Crippen molar-refractivity contribution in [2.45, 2.75) is 51.1 Å². The van der Waals surface area contributed by atoms with Gasteiger partial charge in [0.15, 0.2) is 17.7 Å². The molecule has 222 valence electrons. The number of hydrogen-bond acceptors (Lipinski definition) is 6. The molecule has 14 heteroatoms. The monoisotopic (exact) mass is 602 g/mol. The fourth-order valence-corrected chi connectivity index (χ4v) is 4.95. The van der Waals surface area contributed by atoms with Gasteiger partial charge in [0, 0.05) is 62.2 Å². The minimum atomic E-state index is -4.26. The Morgan fingerprint density at radius 1 is 1.12 bits per heavy atom. The van der Waals surface area contributed by atoms with E-state index >= 15 is 0 Å². The number of piperazine rings is 1. The van der Waals surface area contributed by atoms with Crippen LogP contribution in [0.5, 0.6) is 0 Å². The predicted molar refractivity (Wildman–Crippen MR) is 141 cm³/mol. The lowest BCUT2D eigenvalue weighted by molar-refractivity contribution is -0.148. The zero-order valence-corrected chi connectivity index (χ0v) is 22.7. The molecule has 0 spiro atoms. The molecular weight excluding hydrogens is 575 g/mol. The van der Waals surface area contributed by atoms with Crippen molar-refractivity contribution in [3.05, 3.63) is 58.1 Å². The SMILES string of the molecule is C[C@H]1CN(c2cc(Cl)ccc2NC(=O)c2ccc(CNC(=O)[C@H]3CCC(=O)O3)c(F)c2F)CCN1CCC(F)(F)F. The van der Waals surface area contributed by atoms with E-state index in [-0.39, 0.29) is 43.2 Å². The zero-order chi connectivity index (χ0) is 29.9. The van der Waals surface area contributed by atoms with Crippen LogP contribution in [0.15, 0.2) is 30.3 Å². The Morgan fingerprint density at radius 2 is 1.88 bits per heavy atom. The van der Waals surface area contributed by atoms with Crippen LogP contribution in [0.1, 0.15) is 42.1 Å². The van der Waals surface area contributed by atoms with Crippen LogP contribution in [0.25, 0.3) is 0 Å². The van der Waals surface area contributed by atoms with Crippen LogP contribution in [0.2, 0.25) is 5.02 Å². The van der Waals surface area contributed by atoms with E-state index in [2.05, 4.69) is 10.6 Å². The largest absolute Gasteiger partial charge is 0.452 e. The van der Waals surface area contributed by atoms with Crippen molar-refractivity contribution in [3.63, 3.8) is 0 Å². The van der Waals surface area contributed by atoms with Crippen molar-refractivity contribution in [1.29, 1.82) is 0 Å². The minimum absolute atomic E-state index is 0.0947. The van der Waals surface area contributed by atoms with Crippen LogP contribution in [0.4, 0.5) is 33.3 Å². The summed E-state index contributed by atoms with van der Waals surface area (Å²) < 4.78 is 72.6. The van der Waals surface area contributed by atoms with Crippen molar-refractivity contribution in [2.75, 3.05) is 36.4 Å². The Bertz CT molecular complexity index is 1330. The van der Waals surface area contributed by atoms with Gasteiger partial charge in [-0.1, -0.05) is 17.7 Å². The second-order valence-electron chi connectivity index (χ2n) is 9.95. The third-order valence-electron chi connectivity index (χ3n) is 7.03. The number of halogens is 6. The van der Waals surface area contributed by atoms with Gasteiger partial charge in [0.05, 0.1) is 23.4 Å². The molecule has 2 aliphatic heterocycles. The smallest absolute Gasteiger partial charge is 0.390 e. The highest BCUT2D eigenvalue weighted by Crippen LogP contribution is 2.32. The Morgan fingerprint density at radius 3 is 2.54 bits per heavy atom. The molecule has 2 amide bonds. The third kappa shape index (κ3) is 7.64. The van der Waals surface area contributed by atoms with E-state index in [1.807, 2.05) is 4.90 Å². The van der Waals surface area contributed by atoms with Gasteiger partial charge < -0.3 is 20.3 Å². The summed E-state index contributed by atoms with van der Waals surface area (Å²) in [7, 11) is 0. The lowest BCUT2D eigenvalue weighted by Gasteiger charge is -2.41. The first kappa shape index (κ1) is 30.5. The topological polar surface area (TPSA) is 91.0 Å². The Hall–Kier alpha value is -3.45. The maximum absolute atomic E-state index is 14.9. The second kappa shape index (κ2) is 12.6. The van der Waals surface area contributed by atoms with Gasteiger partial charge in [0.2, 0.25) is 0 Å². The first-order valence-electron chi connectivity index (χ1n) is 12.9. The van der Waals surface area contributed by atoms with Crippen molar-refractivity contribution in [3.8, 4) is 0 Å². The molecular formula is C27H28ClF5N4O4. The van der Waals surface area contributed by atoms with Gasteiger partial charge in [-0.05, 0) is 31.2 Å². The van der Waals surface area contributed by atoms with Gasteiger partial charge in [-0.3, -0.25) is 19.3 Å². The van der Waals surface area contributed by atoms with Gasteiger partial charge in [0.1, 0.15) is 0 Å². The van der Waals surface area contributed by atoms with Gasteiger partial charge in [-0.15, -0.1) is 0 Å². The number of esters is 1.